The molecule has 0 saturated carbocycles. The summed E-state index contributed by atoms with van der Waals surface area (Å²) in [6, 6.07) is 3.74. The molecule has 0 amide bonds. The Balaban J connectivity index is 3.29. The average Bonchev–Trinajstić information content (AvgIpc) is 1.99. The van der Waals surface area contributed by atoms with Gasteiger partial charge < -0.3 is 4.74 Å². The highest BCUT2D eigenvalue weighted by atomic mass is 127. The van der Waals surface area contributed by atoms with Gasteiger partial charge in [0.25, 0.3) is 0 Å². The maximum Gasteiger partial charge on any atom is 0.152 e. The largest absolute Gasteiger partial charge is 0.494 e. The summed E-state index contributed by atoms with van der Waals surface area (Å²) >= 11 is 11.4. The predicted octanol–water partition coefficient (Wildman–Crippen LogP) is 3.72. The molecule has 0 aliphatic heterocycles. The van der Waals surface area contributed by atoms with Crippen LogP contribution in [0.4, 0.5) is 0 Å². The summed E-state index contributed by atoms with van der Waals surface area (Å²) in [6.45, 7) is 0. The van der Waals surface area contributed by atoms with Crippen molar-refractivity contribution in [2.24, 2.45) is 0 Å². The first-order valence-electron chi connectivity index (χ1n) is 2.84. The summed E-state index contributed by atoms with van der Waals surface area (Å²) < 4.78 is 7.07. The van der Waals surface area contributed by atoms with Gasteiger partial charge in [-0.1, -0.05) is 11.6 Å². The molecule has 11 heavy (non-hydrogen) atoms. The maximum atomic E-state index is 5.84. The second-order valence-electron chi connectivity index (χ2n) is 1.88. The van der Waals surface area contributed by atoms with Crippen molar-refractivity contribution >= 4 is 50.1 Å². The van der Waals surface area contributed by atoms with Crippen LogP contribution in [-0.2, 0) is 0 Å². The van der Waals surface area contributed by atoms with E-state index in [9.17, 15) is 0 Å². The van der Waals surface area contributed by atoms with Gasteiger partial charge in [-0.05, 0) is 50.7 Å². The van der Waals surface area contributed by atoms with E-state index in [1.807, 2.05) is 12.1 Å². The molecule has 0 fully saturated rings. The second-order valence-corrected chi connectivity index (χ2v) is 4.24. The monoisotopic (exact) mass is 346 g/mol. The van der Waals surface area contributed by atoms with Gasteiger partial charge in [-0.25, -0.2) is 0 Å². The van der Waals surface area contributed by atoms with Gasteiger partial charge in [0, 0.05) is 3.57 Å². The Kier molecular flexibility index (Phi) is 3.46. The minimum atomic E-state index is 0.625. The first-order chi connectivity index (χ1) is 5.16. The van der Waals surface area contributed by atoms with E-state index in [1.165, 1.54) is 0 Å². The molecular weight excluding hydrogens is 342 g/mol. The van der Waals surface area contributed by atoms with Crippen LogP contribution in [0.2, 0.25) is 5.02 Å². The number of hydrogen-bond acceptors (Lipinski definition) is 1. The van der Waals surface area contributed by atoms with Crippen LogP contribution in [-0.4, -0.2) is 7.11 Å². The van der Waals surface area contributed by atoms with Gasteiger partial charge in [0.2, 0.25) is 0 Å². The van der Waals surface area contributed by atoms with Crippen LogP contribution >= 0.6 is 50.1 Å². The SMILES string of the molecule is COc1c(Cl)ccc(I)c1Br. The fourth-order valence-electron chi connectivity index (χ4n) is 0.696. The molecule has 1 nitrogen and oxygen atoms in total. The number of hydrogen-bond donors (Lipinski definition) is 0. The molecule has 0 N–H and O–H groups in total. The third kappa shape index (κ3) is 2.00. The molecule has 0 saturated heterocycles. The topological polar surface area (TPSA) is 9.23 Å². The third-order valence-corrected chi connectivity index (χ3v) is 3.93. The number of halogens is 3. The predicted molar refractivity (Wildman–Crippen MR) is 58.4 cm³/mol. The van der Waals surface area contributed by atoms with Crippen LogP contribution < -0.4 is 4.74 Å². The molecule has 0 radical (unpaired) electrons. The summed E-state index contributed by atoms with van der Waals surface area (Å²) in [5.74, 6) is 0.693. The van der Waals surface area contributed by atoms with Crippen molar-refractivity contribution in [2.75, 3.05) is 7.11 Å². The summed E-state index contributed by atoms with van der Waals surface area (Å²) in [6.07, 6.45) is 0. The number of ether oxygens (including phenoxy) is 1. The number of benzene rings is 1. The van der Waals surface area contributed by atoms with Gasteiger partial charge in [-0.15, -0.1) is 0 Å². The smallest absolute Gasteiger partial charge is 0.152 e. The standard InChI is InChI=1S/C7H5BrClIO/c1-11-7-4(9)2-3-5(10)6(7)8/h2-3H,1H3. The summed E-state index contributed by atoms with van der Waals surface area (Å²) in [5, 5.41) is 0.625. The van der Waals surface area contributed by atoms with Gasteiger partial charge >= 0.3 is 0 Å². The summed E-state index contributed by atoms with van der Waals surface area (Å²) in [5.41, 5.74) is 0. The van der Waals surface area contributed by atoms with Crippen molar-refractivity contribution < 1.29 is 4.74 Å². The van der Waals surface area contributed by atoms with E-state index in [4.69, 9.17) is 16.3 Å². The minimum absolute atomic E-state index is 0.625. The van der Waals surface area contributed by atoms with Gasteiger partial charge in [0.1, 0.15) is 0 Å². The van der Waals surface area contributed by atoms with E-state index in [1.54, 1.807) is 7.11 Å². The van der Waals surface area contributed by atoms with Crippen LogP contribution in [0.25, 0.3) is 0 Å². The van der Waals surface area contributed by atoms with E-state index in [-0.39, 0.29) is 0 Å². The van der Waals surface area contributed by atoms with Crippen LogP contribution in [0.5, 0.6) is 5.75 Å². The first-order valence-corrected chi connectivity index (χ1v) is 5.09. The zero-order valence-corrected chi connectivity index (χ0v) is 10.2. The molecule has 1 aromatic carbocycles. The fraction of sp³-hybridized carbons (Fsp3) is 0.143. The van der Waals surface area contributed by atoms with Crippen molar-refractivity contribution in [2.45, 2.75) is 0 Å². The molecule has 60 valence electrons. The first kappa shape index (κ1) is 9.61. The maximum absolute atomic E-state index is 5.84. The van der Waals surface area contributed by atoms with Gasteiger partial charge in [0.05, 0.1) is 16.6 Å². The Morgan fingerprint density at radius 1 is 1.55 bits per heavy atom. The third-order valence-electron chi connectivity index (χ3n) is 1.21. The van der Waals surface area contributed by atoms with E-state index in [0.717, 1.165) is 8.04 Å². The average molecular weight is 347 g/mol. The normalized spacial score (nSPS) is 9.82. The second kappa shape index (κ2) is 3.96. The molecule has 0 heterocycles. The zero-order chi connectivity index (χ0) is 8.43. The minimum Gasteiger partial charge on any atom is -0.494 e. The summed E-state index contributed by atoms with van der Waals surface area (Å²) in [4.78, 5) is 0. The Labute approximate surface area is 92.3 Å². The molecule has 0 unspecified atom stereocenters. The summed E-state index contributed by atoms with van der Waals surface area (Å²) in [7, 11) is 1.60. The molecular formula is C7H5BrClIO. The molecule has 0 atom stereocenters. The number of methoxy groups -OCH3 is 1. The van der Waals surface area contributed by atoms with Crippen molar-refractivity contribution in [1.82, 2.24) is 0 Å². The van der Waals surface area contributed by atoms with E-state index < -0.39 is 0 Å². The van der Waals surface area contributed by atoms with E-state index in [2.05, 4.69) is 38.5 Å². The van der Waals surface area contributed by atoms with Crippen LogP contribution in [0.15, 0.2) is 16.6 Å². The van der Waals surface area contributed by atoms with Crippen LogP contribution in [0.3, 0.4) is 0 Å². The van der Waals surface area contributed by atoms with Crippen LogP contribution in [0, 0.1) is 3.57 Å². The quantitative estimate of drug-likeness (QED) is 0.556. The van der Waals surface area contributed by atoms with Crippen molar-refractivity contribution in [3.63, 3.8) is 0 Å². The molecule has 0 aliphatic carbocycles. The highest BCUT2D eigenvalue weighted by molar-refractivity contribution is 14.1. The molecule has 0 spiro atoms. The molecule has 1 rings (SSSR count). The van der Waals surface area contributed by atoms with E-state index in [0.29, 0.717) is 10.8 Å². The lowest BCUT2D eigenvalue weighted by Gasteiger charge is -2.05. The molecule has 0 aromatic heterocycles. The molecule has 4 heteroatoms. The molecule has 1 aromatic rings. The van der Waals surface area contributed by atoms with Crippen molar-refractivity contribution in [3.05, 3.63) is 25.2 Å². The Bertz CT molecular complexity index is 277. The molecule has 0 aliphatic rings. The lowest BCUT2D eigenvalue weighted by Crippen LogP contribution is -1.87. The highest BCUT2D eigenvalue weighted by Gasteiger charge is 2.07. The Morgan fingerprint density at radius 2 is 2.18 bits per heavy atom. The van der Waals surface area contributed by atoms with E-state index >= 15 is 0 Å². The van der Waals surface area contributed by atoms with Gasteiger partial charge in [-0.3, -0.25) is 0 Å². The Hall–Kier alpha value is 0.520. The van der Waals surface area contributed by atoms with Crippen molar-refractivity contribution in [1.29, 1.82) is 0 Å². The van der Waals surface area contributed by atoms with Gasteiger partial charge in [0.15, 0.2) is 5.75 Å². The number of rotatable bonds is 1. The highest BCUT2D eigenvalue weighted by Crippen LogP contribution is 2.35. The lowest BCUT2D eigenvalue weighted by atomic mass is 10.3. The fourth-order valence-corrected chi connectivity index (χ4v) is 1.98. The zero-order valence-electron chi connectivity index (χ0n) is 5.70. The molecule has 0 bridgehead atoms. The Morgan fingerprint density at radius 3 is 2.64 bits per heavy atom. The van der Waals surface area contributed by atoms with Gasteiger partial charge in [-0.2, -0.15) is 0 Å². The van der Waals surface area contributed by atoms with Crippen LogP contribution in [0.1, 0.15) is 0 Å². The van der Waals surface area contributed by atoms with Crippen molar-refractivity contribution in [3.8, 4) is 5.75 Å². The lowest BCUT2D eigenvalue weighted by molar-refractivity contribution is 0.412.